The van der Waals surface area contributed by atoms with Gasteiger partial charge in [0.05, 0.1) is 35.2 Å². The van der Waals surface area contributed by atoms with E-state index in [2.05, 4.69) is 22.3 Å². The third-order valence-electron chi connectivity index (χ3n) is 3.69. The number of halogens is 1. The molecule has 25 heavy (non-hydrogen) atoms. The van der Waals surface area contributed by atoms with Gasteiger partial charge in [0.25, 0.3) is 5.91 Å². The van der Waals surface area contributed by atoms with Crippen LogP contribution in [-0.4, -0.2) is 22.2 Å². The molecule has 0 bridgehead atoms. The van der Waals surface area contributed by atoms with Crippen LogP contribution in [0.1, 0.15) is 21.6 Å². The fraction of sp³-hybridized carbons (Fsp3) is 0.100. The molecule has 0 aliphatic carbocycles. The van der Waals surface area contributed by atoms with Crippen LogP contribution in [0.5, 0.6) is 0 Å². The van der Waals surface area contributed by atoms with Crippen molar-refractivity contribution in [1.29, 1.82) is 0 Å². The molecule has 1 aromatic heterocycles. The molecule has 0 unspecified atom stereocenters. The second-order valence-electron chi connectivity index (χ2n) is 5.36. The third-order valence-corrected chi connectivity index (χ3v) is 3.69. The van der Waals surface area contributed by atoms with Crippen molar-refractivity contribution in [2.75, 3.05) is 6.54 Å². The molecule has 0 aliphatic heterocycles. The molecule has 0 atom stereocenters. The van der Waals surface area contributed by atoms with Crippen LogP contribution in [0.2, 0.25) is 0 Å². The van der Waals surface area contributed by atoms with Gasteiger partial charge in [-0.25, -0.2) is 9.07 Å². The van der Waals surface area contributed by atoms with Gasteiger partial charge in [0.1, 0.15) is 5.82 Å². The largest absolute Gasteiger partial charge is 0.341 e. The Balaban J connectivity index is 1.67. The predicted octanol–water partition coefficient (Wildman–Crippen LogP) is 3.10. The Morgan fingerprint density at radius 2 is 1.88 bits per heavy atom. The minimum Gasteiger partial charge on any atom is -0.341 e. The number of carbonyl (C=O) groups excluding carboxylic acids is 1. The Morgan fingerprint density at radius 1 is 1.16 bits per heavy atom. The highest BCUT2D eigenvalue weighted by Gasteiger charge is 2.14. The lowest BCUT2D eigenvalue weighted by molar-refractivity contribution is 0.0958. The molecule has 1 heterocycles. The average Bonchev–Trinajstić information content (AvgIpc) is 3.02. The molecule has 0 radical (unpaired) electrons. The zero-order chi connectivity index (χ0) is 17.6. The van der Waals surface area contributed by atoms with E-state index < -0.39 is 0 Å². The lowest BCUT2D eigenvalue weighted by Gasteiger charge is -2.05. The Hall–Kier alpha value is -3.39. The lowest BCUT2D eigenvalue weighted by atomic mass is 10.2. The Bertz CT molecular complexity index is 952. The number of hydrogen-bond acceptors (Lipinski definition) is 2. The summed E-state index contributed by atoms with van der Waals surface area (Å²) in [4.78, 5) is 12.3. The maximum absolute atomic E-state index is 13.5. The molecule has 5 heteroatoms. The first kappa shape index (κ1) is 16.5. The van der Waals surface area contributed by atoms with Crippen LogP contribution in [0.4, 0.5) is 4.39 Å². The van der Waals surface area contributed by atoms with Crippen LogP contribution in [0.3, 0.4) is 0 Å². The van der Waals surface area contributed by atoms with Crippen molar-refractivity contribution in [3.63, 3.8) is 0 Å². The van der Waals surface area contributed by atoms with Crippen molar-refractivity contribution < 1.29 is 9.18 Å². The van der Waals surface area contributed by atoms with Gasteiger partial charge >= 0.3 is 0 Å². The molecule has 4 nitrogen and oxygen atoms in total. The zero-order valence-electron chi connectivity index (χ0n) is 13.7. The first-order valence-electron chi connectivity index (χ1n) is 7.78. The van der Waals surface area contributed by atoms with Crippen LogP contribution < -0.4 is 5.32 Å². The number of hydrogen-bond donors (Lipinski definition) is 1. The molecule has 2 aromatic carbocycles. The van der Waals surface area contributed by atoms with E-state index in [0.29, 0.717) is 11.1 Å². The summed E-state index contributed by atoms with van der Waals surface area (Å²) in [6, 6.07) is 15.8. The first-order chi connectivity index (χ1) is 12.2. The lowest BCUT2D eigenvalue weighted by Crippen LogP contribution is -2.24. The number of amides is 1. The maximum atomic E-state index is 13.5. The van der Waals surface area contributed by atoms with Gasteiger partial charge in [-0.15, -0.1) is 0 Å². The summed E-state index contributed by atoms with van der Waals surface area (Å²) in [7, 11) is 0. The summed E-state index contributed by atoms with van der Waals surface area (Å²) < 4.78 is 15.2. The smallest absolute Gasteiger partial charge is 0.255 e. The molecule has 0 saturated heterocycles. The summed E-state index contributed by atoms with van der Waals surface area (Å²) in [6.45, 7) is 1.96. The fourth-order valence-corrected chi connectivity index (χ4v) is 2.38. The zero-order valence-corrected chi connectivity index (χ0v) is 13.7. The Labute approximate surface area is 145 Å². The summed E-state index contributed by atoms with van der Waals surface area (Å²) in [5.74, 6) is 4.82. The van der Waals surface area contributed by atoms with E-state index in [4.69, 9.17) is 0 Å². The number of nitrogens with one attached hydrogen (secondary N) is 1. The number of carbonyl (C=O) groups is 1. The maximum Gasteiger partial charge on any atom is 0.255 e. The second-order valence-corrected chi connectivity index (χ2v) is 5.36. The molecule has 0 spiro atoms. The molecule has 1 amide bonds. The number of benzene rings is 2. The molecular formula is C20H16FN3O. The first-order valence-corrected chi connectivity index (χ1v) is 7.78. The quantitative estimate of drug-likeness (QED) is 0.749. The summed E-state index contributed by atoms with van der Waals surface area (Å²) in [5, 5.41) is 6.97. The molecule has 124 valence electrons. The summed E-state index contributed by atoms with van der Waals surface area (Å²) >= 11 is 0. The number of nitrogens with zero attached hydrogens (tertiary/aromatic N) is 2. The third kappa shape index (κ3) is 3.75. The molecule has 3 rings (SSSR count). The van der Waals surface area contributed by atoms with E-state index in [1.807, 2.05) is 37.3 Å². The van der Waals surface area contributed by atoms with E-state index in [-0.39, 0.29) is 18.3 Å². The molecule has 0 aliphatic rings. The number of para-hydroxylation sites is 1. The van der Waals surface area contributed by atoms with Gasteiger partial charge in [-0.2, -0.15) is 5.10 Å². The van der Waals surface area contributed by atoms with E-state index in [1.54, 1.807) is 22.9 Å². The van der Waals surface area contributed by atoms with Crippen molar-refractivity contribution in [1.82, 2.24) is 15.1 Å². The SMILES string of the molecule is Cc1c(C(=O)NCC#Cc2ccccc2F)cnn1-c1ccccc1. The summed E-state index contributed by atoms with van der Waals surface area (Å²) in [6.07, 6.45) is 1.53. The van der Waals surface area contributed by atoms with Crippen LogP contribution in [-0.2, 0) is 0 Å². The fourth-order valence-electron chi connectivity index (χ4n) is 2.38. The highest BCUT2D eigenvalue weighted by atomic mass is 19.1. The molecular weight excluding hydrogens is 317 g/mol. The number of aromatic nitrogens is 2. The van der Waals surface area contributed by atoms with Crippen molar-refractivity contribution in [3.05, 3.63) is 83.4 Å². The average molecular weight is 333 g/mol. The van der Waals surface area contributed by atoms with E-state index in [1.165, 1.54) is 12.3 Å². The Morgan fingerprint density at radius 3 is 2.64 bits per heavy atom. The predicted molar refractivity (Wildman–Crippen MR) is 93.9 cm³/mol. The van der Waals surface area contributed by atoms with Gasteiger partial charge in [-0.3, -0.25) is 4.79 Å². The van der Waals surface area contributed by atoms with Crippen LogP contribution >= 0.6 is 0 Å². The van der Waals surface area contributed by atoms with Crippen molar-refractivity contribution >= 4 is 5.91 Å². The minimum atomic E-state index is -0.374. The monoisotopic (exact) mass is 333 g/mol. The molecule has 0 saturated carbocycles. The van der Waals surface area contributed by atoms with Crippen molar-refractivity contribution in [2.45, 2.75) is 6.92 Å². The Kier molecular flexibility index (Phi) is 4.91. The van der Waals surface area contributed by atoms with Crippen LogP contribution in [0.25, 0.3) is 5.69 Å². The van der Waals surface area contributed by atoms with Gasteiger partial charge in [-0.05, 0) is 31.2 Å². The van der Waals surface area contributed by atoms with E-state index in [9.17, 15) is 9.18 Å². The highest BCUT2D eigenvalue weighted by molar-refractivity contribution is 5.95. The summed E-state index contributed by atoms with van der Waals surface area (Å²) in [5.41, 5.74) is 2.42. The molecule has 1 N–H and O–H groups in total. The second kappa shape index (κ2) is 7.45. The normalized spacial score (nSPS) is 10.0. The standard InChI is InChI=1S/C20H16FN3O/c1-15-18(14-23-24(15)17-10-3-2-4-11-17)20(25)22-13-7-9-16-8-5-6-12-19(16)21/h2-6,8,10-12,14H,13H2,1H3,(H,22,25). The van der Waals surface area contributed by atoms with Gasteiger partial charge in [0.2, 0.25) is 0 Å². The van der Waals surface area contributed by atoms with Crippen molar-refractivity contribution in [2.24, 2.45) is 0 Å². The van der Waals surface area contributed by atoms with Crippen LogP contribution in [0, 0.1) is 24.6 Å². The van der Waals surface area contributed by atoms with E-state index >= 15 is 0 Å². The van der Waals surface area contributed by atoms with E-state index in [0.717, 1.165) is 11.4 Å². The highest BCUT2D eigenvalue weighted by Crippen LogP contribution is 2.13. The van der Waals surface area contributed by atoms with Gasteiger partial charge < -0.3 is 5.32 Å². The van der Waals surface area contributed by atoms with Crippen LogP contribution in [0.15, 0.2) is 60.8 Å². The van der Waals surface area contributed by atoms with Crippen molar-refractivity contribution in [3.8, 4) is 17.5 Å². The van der Waals surface area contributed by atoms with Gasteiger partial charge in [-0.1, -0.05) is 42.2 Å². The van der Waals surface area contributed by atoms with Gasteiger partial charge in [0, 0.05) is 0 Å². The van der Waals surface area contributed by atoms with Gasteiger partial charge in [0.15, 0.2) is 0 Å². The molecule has 0 fully saturated rings. The topological polar surface area (TPSA) is 46.9 Å². The number of rotatable bonds is 3. The molecule has 3 aromatic rings. The minimum absolute atomic E-state index is 0.128.